The van der Waals surface area contributed by atoms with Crippen LogP contribution in [0.15, 0.2) is 60.7 Å². The number of rotatable bonds is 10. The van der Waals surface area contributed by atoms with Crippen molar-refractivity contribution >= 4 is 0 Å². The Morgan fingerprint density at radius 2 is 1.19 bits per heavy atom. The van der Waals surface area contributed by atoms with Gasteiger partial charge >= 0.3 is 0 Å². The SMILES string of the molecule is OCC1O[C@H](OC2[C@H](O)C(CO)O[C@@H](NCc3ccccc3)[C@H]2NCc2ccccc2)[C@@H](O)C(O)[C@@H]1O. The van der Waals surface area contributed by atoms with E-state index in [1.807, 2.05) is 60.7 Å². The first-order chi connectivity index (χ1) is 17.9. The molecule has 0 radical (unpaired) electrons. The lowest BCUT2D eigenvalue weighted by atomic mass is 9.94. The van der Waals surface area contributed by atoms with Gasteiger partial charge in [0.15, 0.2) is 6.29 Å². The highest BCUT2D eigenvalue weighted by atomic mass is 16.7. The maximum absolute atomic E-state index is 11.1. The predicted molar refractivity (Wildman–Crippen MR) is 131 cm³/mol. The van der Waals surface area contributed by atoms with Gasteiger partial charge in [0, 0.05) is 13.1 Å². The summed E-state index contributed by atoms with van der Waals surface area (Å²) >= 11 is 0. The van der Waals surface area contributed by atoms with E-state index in [4.69, 9.17) is 14.2 Å². The molecule has 2 aliphatic rings. The monoisotopic (exact) mass is 520 g/mol. The Morgan fingerprint density at radius 1 is 0.649 bits per heavy atom. The molecule has 8 N–H and O–H groups in total. The highest BCUT2D eigenvalue weighted by Crippen LogP contribution is 2.29. The molecule has 2 fully saturated rings. The summed E-state index contributed by atoms with van der Waals surface area (Å²) in [5, 5.41) is 68.1. The quantitative estimate of drug-likeness (QED) is 0.178. The Bertz CT molecular complexity index is 938. The molecule has 2 aromatic carbocycles. The zero-order valence-electron chi connectivity index (χ0n) is 20.3. The van der Waals surface area contributed by atoms with Gasteiger partial charge in [-0.15, -0.1) is 0 Å². The standard InChI is InChI=1S/C26H36N2O9/c29-13-17-20(31)22(33)23(34)26(36-17)37-24-19(27-11-15-7-3-1-4-8-15)25(35-18(14-30)21(24)32)28-12-16-9-5-2-6-10-16/h1-10,17-34H,11-14H2/t17?,18?,19-,20+,21+,22?,23-,24?,25+,26+/m0/s1. The topological polar surface area (TPSA) is 173 Å². The average molecular weight is 521 g/mol. The molecule has 0 amide bonds. The molecule has 2 aromatic rings. The largest absolute Gasteiger partial charge is 0.394 e. The van der Waals surface area contributed by atoms with Crippen LogP contribution in [0.1, 0.15) is 11.1 Å². The molecule has 10 atom stereocenters. The van der Waals surface area contributed by atoms with Crippen molar-refractivity contribution in [3.05, 3.63) is 71.8 Å². The van der Waals surface area contributed by atoms with Crippen LogP contribution in [0.3, 0.4) is 0 Å². The highest BCUT2D eigenvalue weighted by molar-refractivity contribution is 5.16. The molecular weight excluding hydrogens is 484 g/mol. The van der Waals surface area contributed by atoms with Crippen LogP contribution in [0.5, 0.6) is 0 Å². The van der Waals surface area contributed by atoms with Crippen LogP contribution >= 0.6 is 0 Å². The molecule has 204 valence electrons. The van der Waals surface area contributed by atoms with E-state index in [2.05, 4.69) is 10.6 Å². The van der Waals surface area contributed by atoms with Crippen LogP contribution < -0.4 is 10.6 Å². The van der Waals surface area contributed by atoms with Gasteiger partial charge < -0.3 is 50.2 Å². The molecule has 0 aromatic heterocycles. The second-order valence-corrected chi connectivity index (χ2v) is 9.33. The Labute approximate surface area is 215 Å². The van der Waals surface area contributed by atoms with Crippen molar-refractivity contribution in [2.24, 2.45) is 0 Å². The van der Waals surface area contributed by atoms with Crippen molar-refractivity contribution in [3.63, 3.8) is 0 Å². The van der Waals surface area contributed by atoms with Gasteiger partial charge in [-0.1, -0.05) is 60.7 Å². The summed E-state index contributed by atoms with van der Waals surface area (Å²) in [4.78, 5) is 0. The van der Waals surface area contributed by atoms with E-state index >= 15 is 0 Å². The van der Waals surface area contributed by atoms with Crippen molar-refractivity contribution in [2.75, 3.05) is 13.2 Å². The lowest BCUT2D eigenvalue weighted by Gasteiger charge is -2.48. The third kappa shape index (κ3) is 6.72. The maximum atomic E-state index is 11.1. The fraction of sp³-hybridized carbons (Fsp3) is 0.538. The Kier molecular flexibility index (Phi) is 9.98. The van der Waals surface area contributed by atoms with Crippen LogP contribution in [0, 0.1) is 0 Å². The zero-order chi connectivity index (χ0) is 26.4. The van der Waals surface area contributed by atoms with Gasteiger partial charge in [-0.25, -0.2) is 0 Å². The maximum Gasteiger partial charge on any atom is 0.187 e. The molecule has 0 aliphatic carbocycles. The van der Waals surface area contributed by atoms with Crippen molar-refractivity contribution < 1.29 is 44.8 Å². The number of hydrogen-bond donors (Lipinski definition) is 8. The number of ether oxygens (including phenoxy) is 3. The molecule has 4 unspecified atom stereocenters. The number of aliphatic hydroxyl groups excluding tert-OH is 6. The summed E-state index contributed by atoms with van der Waals surface area (Å²) in [7, 11) is 0. The van der Waals surface area contributed by atoms with Crippen LogP contribution in [0.25, 0.3) is 0 Å². The average Bonchev–Trinajstić information content (AvgIpc) is 2.93. The van der Waals surface area contributed by atoms with Gasteiger partial charge in [-0.3, -0.25) is 5.32 Å². The third-order valence-electron chi connectivity index (χ3n) is 6.77. The molecule has 0 spiro atoms. The Morgan fingerprint density at radius 3 is 1.76 bits per heavy atom. The number of nitrogens with one attached hydrogen (secondary N) is 2. The van der Waals surface area contributed by atoms with Crippen molar-refractivity contribution in [1.29, 1.82) is 0 Å². The van der Waals surface area contributed by atoms with Crippen molar-refractivity contribution in [3.8, 4) is 0 Å². The lowest BCUT2D eigenvalue weighted by Crippen LogP contribution is -2.69. The van der Waals surface area contributed by atoms with E-state index in [0.717, 1.165) is 11.1 Å². The minimum Gasteiger partial charge on any atom is -0.394 e. The van der Waals surface area contributed by atoms with Crippen LogP contribution in [0.4, 0.5) is 0 Å². The van der Waals surface area contributed by atoms with Crippen LogP contribution in [-0.2, 0) is 27.3 Å². The fourth-order valence-electron chi connectivity index (χ4n) is 4.64. The molecule has 2 heterocycles. The van der Waals surface area contributed by atoms with E-state index < -0.39 is 74.5 Å². The number of benzene rings is 2. The molecule has 2 saturated heterocycles. The second-order valence-electron chi connectivity index (χ2n) is 9.33. The van der Waals surface area contributed by atoms with Crippen LogP contribution in [-0.4, -0.2) is 105 Å². The van der Waals surface area contributed by atoms with Gasteiger partial charge in [0.05, 0.1) is 19.3 Å². The van der Waals surface area contributed by atoms with Gasteiger partial charge in [0.2, 0.25) is 0 Å². The van der Waals surface area contributed by atoms with Crippen molar-refractivity contribution in [1.82, 2.24) is 10.6 Å². The van der Waals surface area contributed by atoms with E-state index in [1.165, 1.54) is 0 Å². The predicted octanol–water partition coefficient (Wildman–Crippen LogP) is -1.80. The smallest absolute Gasteiger partial charge is 0.187 e. The van der Waals surface area contributed by atoms with Gasteiger partial charge in [0.25, 0.3) is 0 Å². The summed E-state index contributed by atoms with van der Waals surface area (Å²) in [5.41, 5.74) is 1.96. The lowest BCUT2D eigenvalue weighted by molar-refractivity contribution is -0.333. The first-order valence-corrected chi connectivity index (χ1v) is 12.4. The molecule has 0 saturated carbocycles. The summed E-state index contributed by atoms with van der Waals surface area (Å²) in [5.74, 6) is 0. The zero-order valence-corrected chi connectivity index (χ0v) is 20.3. The fourth-order valence-corrected chi connectivity index (χ4v) is 4.64. The molecule has 37 heavy (non-hydrogen) atoms. The molecule has 0 bridgehead atoms. The first-order valence-electron chi connectivity index (χ1n) is 12.4. The minimum atomic E-state index is -1.65. The van der Waals surface area contributed by atoms with Gasteiger partial charge in [-0.2, -0.15) is 0 Å². The van der Waals surface area contributed by atoms with E-state index in [1.54, 1.807) is 0 Å². The summed E-state index contributed by atoms with van der Waals surface area (Å²) < 4.78 is 17.6. The molecule has 4 rings (SSSR count). The highest BCUT2D eigenvalue weighted by Gasteiger charge is 2.50. The summed E-state index contributed by atoms with van der Waals surface area (Å²) in [6.07, 6.45) is -11.6. The molecule has 11 heteroatoms. The molecule has 11 nitrogen and oxygen atoms in total. The molecular formula is C26H36N2O9. The minimum absolute atomic E-state index is 0.392. The van der Waals surface area contributed by atoms with Gasteiger partial charge in [0.1, 0.15) is 49.0 Å². The number of aliphatic hydroxyl groups is 6. The first kappa shape index (κ1) is 28.0. The van der Waals surface area contributed by atoms with E-state index in [-0.39, 0.29) is 0 Å². The van der Waals surface area contributed by atoms with Crippen LogP contribution in [0.2, 0.25) is 0 Å². The van der Waals surface area contributed by atoms with Gasteiger partial charge in [-0.05, 0) is 11.1 Å². The summed E-state index contributed by atoms with van der Waals surface area (Å²) in [6.45, 7) is -0.290. The van der Waals surface area contributed by atoms with E-state index in [9.17, 15) is 30.6 Å². The number of hydrogen-bond acceptors (Lipinski definition) is 11. The Balaban J connectivity index is 1.57. The normalized spacial score (nSPS) is 36.4. The third-order valence-corrected chi connectivity index (χ3v) is 6.77. The van der Waals surface area contributed by atoms with Crippen molar-refractivity contribution in [2.45, 2.75) is 74.4 Å². The van der Waals surface area contributed by atoms with E-state index in [0.29, 0.717) is 13.1 Å². The molecule has 2 aliphatic heterocycles. The second kappa shape index (κ2) is 13.2. The summed E-state index contributed by atoms with van der Waals surface area (Å²) in [6, 6.07) is 18.5. The Hall–Kier alpha value is -2.00.